The molecule has 2 rings (SSSR count). The summed E-state index contributed by atoms with van der Waals surface area (Å²) in [5.74, 6) is -0.169. The van der Waals surface area contributed by atoms with E-state index >= 15 is 0 Å². The lowest BCUT2D eigenvalue weighted by molar-refractivity contribution is -0.145. The van der Waals surface area contributed by atoms with Gasteiger partial charge in [-0.3, -0.25) is 9.69 Å². The summed E-state index contributed by atoms with van der Waals surface area (Å²) in [5, 5.41) is 0. The van der Waals surface area contributed by atoms with E-state index in [1.54, 1.807) is 0 Å². The second kappa shape index (κ2) is 6.68. The number of benzene rings is 1. The van der Waals surface area contributed by atoms with Crippen molar-refractivity contribution in [3.63, 3.8) is 0 Å². The predicted molar refractivity (Wildman–Crippen MR) is 74.6 cm³/mol. The summed E-state index contributed by atoms with van der Waals surface area (Å²) in [6.45, 7) is 3.32. The molecule has 0 saturated carbocycles. The van der Waals surface area contributed by atoms with Crippen molar-refractivity contribution >= 4 is 5.97 Å². The fraction of sp³-hybridized carbons (Fsp3) is 0.533. The number of hydrogen-bond donors (Lipinski definition) is 1. The first-order valence-electron chi connectivity index (χ1n) is 6.91. The molecule has 1 saturated heterocycles. The Balaban J connectivity index is 2.08. The van der Waals surface area contributed by atoms with Crippen LogP contribution in [0.4, 0.5) is 0 Å². The smallest absolute Gasteiger partial charge is 0.320 e. The molecule has 0 bridgehead atoms. The maximum absolute atomic E-state index is 11.7. The van der Waals surface area contributed by atoms with Crippen LogP contribution in [-0.2, 0) is 9.53 Å². The standard InChI is InChI=1S/C15H22N2O2/c1-2-19-15(18)11-17-10-13(16)8-9-14(17)12-6-4-3-5-7-12/h3-7,13-14H,2,8-11,16H2,1H3/t13-,14+/m1/s1. The number of nitrogens with zero attached hydrogens (tertiary/aromatic N) is 1. The van der Waals surface area contributed by atoms with E-state index in [2.05, 4.69) is 17.0 Å². The monoisotopic (exact) mass is 262 g/mol. The second-order valence-electron chi connectivity index (χ2n) is 5.00. The number of carbonyl (C=O) groups is 1. The summed E-state index contributed by atoms with van der Waals surface area (Å²) >= 11 is 0. The Morgan fingerprint density at radius 1 is 1.37 bits per heavy atom. The van der Waals surface area contributed by atoms with Crippen LogP contribution in [0.1, 0.15) is 31.4 Å². The third kappa shape index (κ3) is 3.78. The van der Waals surface area contributed by atoms with E-state index in [0.717, 1.165) is 19.4 Å². The van der Waals surface area contributed by atoms with Gasteiger partial charge in [-0.05, 0) is 25.3 Å². The summed E-state index contributed by atoms with van der Waals surface area (Å²) in [5.41, 5.74) is 7.27. The molecule has 0 radical (unpaired) electrons. The topological polar surface area (TPSA) is 55.6 Å². The number of esters is 1. The minimum absolute atomic E-state index is 0.148. The van der Waals surface area contributed by atoms with Crippen molar-refractivity contribution < 1.29 is 9.53 Å². The molecule has 0 amide bonds. The summed E-state index contributed by atoms with van der Waals surface area (Å²) in [6.07, 6.45) is 1.99. The van der Waals surface area contributed by atoms with Gasteiger partial charge in [0.25, 0.3) is 0 Å². The summed E-state index contributed by atoms with van der Waals surface area (Å²) in [6, 6.07) is 10.7. The van der Waals surface area contributed by atoms with Crippen LogP contribution >= 0.6 is 0 Å². The van der Waals surface area contributed by atoms with E-state index in [9.17, 15) is 4.79 Å². The molecule has 0 spiro atoms. The van der Waals surface area contributed by atoms with Gasteiger partial charge in [-0.2, -0.15) is 0 Å². The van der Waals surface area contributed by atoms with Gasteiger partial charge in [0.1, 0.15) is 0 Å². The lowest BCUT2D eigenvalue weighted by Gasteiger charge is -2.38. The first-order valence-corrected chi connectivity index (χ1v) is 6.91. The molecular formula is C15H22N2O2. The Morgan fingerprint density at radius 2 is 2.11 bits per heavy atom. The van der Waals surface area contributed by atoms with Crippen molar-refractivity contribution in [2.24, 2.45) is 5.73 Å². The Hall–Kier alpha value is -1.39. The largest absolute Gasteiger partial charge is 0.465 e. The molecule has 104 valence electrons. The van der Waals surface area contributed by atoms with Crippen LogP contribution in [0.15, 0.2) is 30.3 Å². The van der Waals surface area contributed by atoms with Gasteiger partial charge in [-0.25, -0.2) is 0 Å². The van der Waals surface area contributed by atoms with Crippen molar-refractivity contribution in [3.8, 4) is 0 Å². The Labute approximate surface area is 114 Å². The summed E-state index contributed by atoms with van der Waals surface area (Å²) in [7, 11) is 0. The van der Waals surface area contributed by atoms with Gasteiger partial charge in [0.2, 0.25) is 0 Å². The minimum atomic E-state index is -0.169. The van der Waals surface area contributed by atoms with Gasteiger partial charge in [0, 0.05) is 18.6 Å². The maximum atomic E-state index is 11.7. The predicted octanol–water partition coefficient (Wildman–Crippen LogP) is 1.71. The van der Waals surface area contributed by atoms with E-state index in [1.165, 1.54) is 5.56 Å². The van der Waals surface area contributed by atoms with Crippen molar-refractivity contribution in [3.05, 3.63) is 35.9 Å². The van der Waals surface area contributed by atoms with Crippen LogP contribution in [0.5, 0.6) is 0 Å². The van der Waals surface area contributed by atoms with E-state index in [0.29, 0.717) is 13.2 Å². The number of ether oxygens (including phenoxy) is 1. The van der Waals surface area contributed by atoms with Gasteiger partial charge in [0.05, 0.1) is 13.2 Å². The first kappa shape index (κ1) is 14.0. The molecule has 2 N–H and O–H groups in total. The average Bonchev–Trinajstić information content (AvgIpc) is 2.40. The number of likely N-dealkylation sites (tertiary alicyclic amines) is 1. The molecular weight excluding hydrogens is 240 g/mol. The molecule has 1 aliphatic heterocycles. The third-order valence-corrected chi connectivity index (χ3v) is 3.54. The third-order valence-electron chi connectivity index (χ3n) is 3.54. The highest BCUT2D eigenvalue weighted by Crippen LogP contribution is 2.30. The van der Waals surface area contributed by atoms with E-state index < -0.39 is 0 Å². The first-order chi connectivity index (χ1) is 9.20. The number of nitrogens with two attached hydrogens (primary N) is 1. The van der Waals surface area contributed by atoms with Crippen LogP contribution < -0.4 is 5.73 Å². The Morgan fingerprint density at radius 3 is 2.79 bits per heavy atom. The number of hydrogen-bond acceptors (Lipinski definition) is 4. The lowest BCUT2D eigenvalue weighted by Crippen LogP contribution is -2.46. The SMILES string of the molecule is CCOC(=O)CN1C[C@H](N)CC[C@H]1c1ccccc1. The number of piperidine rings is 1. The Kier molecular flexibility index (Phi) is 4.93. The molecule has 0 aromatic heterocycles. The summed E-state index contributed by atoms with van der Waals surface area (Å²) in [4.78, 5) is 13.8. The molecule has 4 heteroatoms. The quantitative estimate of drug-likeness (QED) is 0.839. The van der Waals surface area contributed by atoms with Gasteiger partial charge < -0.3 is 10.5 Å². The highest BCUT2D eigenvalue weighted by atomic mass is 16.5. The van der Waals surface area contributed by atoms with Crippen molar-refractivity contribution in [1.29, 1.82) is 0 Å². The molecule has 0 unspecified atom stereocenters. The lowest BCUT2D eigenvalue weighted by atomic mass is 9.93. The van der Waals surface area contributed by atoms with Gasteiger partial charge >= 0.3 is 5.97 Å². The maximum Gasteiger partial charge on any atom is 0.320 e. The zero-order valence-electron chi connectivity index (χ0n) is 11.4. The van der Waals surface area contributed by atoms with Crippen molar-refractivity contribution in [1.82, 2.24) is 4.90 Å². The van der Waals surface area contributed by atoms with Crippen molar-refractivity contribution in [2.75, 3.05) is 19.7 Å². The number of carbonyl (C=O) groups excluding carboxylic acids is 1. The van der Waals surface area contributed by atoms with Gasteiger partial charge in [-0.1, -0.05) is 30.3 Å². The molecule has 1 aromatic carbocycles. The fourth-order valence-electron chi connectivity index (χ4n) is 2.67. The summed E-state index contributed by atoms with van der Waals surface area (Å²) < 4.78 is 5.04. The molecule has 2 atom stereocenters. The molecule has 19 heavy (non-hydrogen) atoms. The molecule has 0 aliphatic carbocycles. The molecule has 1 aromatic rings. The van der Waals surface area contributed by atoms with Gasteiger partial charge in [-0.15, -0.1) is 0 Å². The van der Waals surface area contributed by atoms with E-state index in [4.69, 9.17) is 10.5 Å². The highest BCUT2D eigenvalue weighted by molar-refractivity contribution is 5.71. The van der Waals surface area contributed by atoms with Gasteiger partial charge in [0.15, 0.2) is 0 Å². The highest BCUT2D eigenvalue weighted by Gasteiger charge is 2.29. The van der Waals surface area contributed by atoms with Crippen LogP contribution in [0.2, 0.25) is 0 Å². The zero-order valence-corrected chi connectivity index (χ0v) is 11.4. The van der Waals surface area contributed by atoms with Crippen LogP contribution in [0.3, 0.4) is 0 Å². The minimum Gasteiger partial charge on any atom is -0.465 e. The fourth-order valence-corrected chi connectivity index (χ4v) is 2.67. The molecule has 1 heterocycles. The van der Waals surface area contributed by atoms with E-state index in [1.807, 2.05) is 25.1 Å². The normalized spacial score (nSPS) is 24.1. The second-order valence-corrected chi connectivity index (χ2v) is 5.00. The van der Waals surface area contributed by atoms with Crippen LogP contribution in [-0.4, -0.2) is 36.6 Å². The number of rotatable bonds is 4. The van der Waals surface area contributed by atoms with E-state index in [-0.39, 0.29) is 18.1 Å². The zero-order chi connectivity index (χ0) is 13.7. The Bertz CT molecular complexity index is 408. The van der Waals surface area contributed by atoms with Crippen molar-refractivity contribution in [2.45, 2.75) is 31.8 Å². The van der Waals surface area contributed by atoms with Crippen LogP contribution in [0.25, 0.3) is 0 Å². The molecule has 1 aliphatic rings. The molecule has 1 fully saturated rings. The average molecular weight is 262 g/mol. The molecule has 4 nitrogen and oxygen atoms in total. The van der Waals surface area contributed by atoms with Crippen LogP contribution in [0, 0.1) is 0 Å².